The summed E-state index contributed by atoms with van der Waals surface area (Å²) in [5, 5.41) is 0. The smallest absolute Gasteiger partial charge is 0.254 e. The number of sulfonamides is 1. The Bertz CT molecular complexity index is 473. The van der Waals surface area contributed by atoms with E-state index in [4.69, 9.17) is 16.3 Å². The van der Waals surface area contributed by atoms with Crippen LogP contribution in [0.4, 0.5) is 0 Å². The lowest BCUT2D eigenvalue weighted by molar-refractivity contribution is 0.0102. The zero-order chi connectivity index (χ0) is 11.8. The molecule has 1 fully saturated rings. The standard InChI is InChI=1S/C8H11ClN2O3S2/c1-6-5-11(2-3-14-6)16(12,13)7-4-10-8(9)15-7/h4,6H,2-3,5H2,1H3. The predicted octanol–water partition coefficient (Wildman–Crippen LogP) is 1.21. The summed E-state index contributed by atoms with van der Waals surface area (Å²) in [7, 11) is -3.45. The van der Waals surface area contributed by atoms with Gasteiger partial charge in [0.25, 0.3) is 10.0 Å². The third-order valence-electron chi connectivity index (χ3n) is 2.25. The average molecular weight is 283 g/mol. The molecule has 16 heavy (non-hydrogen) atoms. The first kappa shape index (κ1) is 12.3. The Labute approximate surface area is 103 Å². The first-order chi connectivity index (χ1) is 7.50. The van der Waals surface area contributed by atoms with Gasteiger partial charge in [0.1, 0.15) is 0 Å². The Morgan fingerprint density at radius 3 is 3.00 bits per heavy atom. The fourth-order valence-electron chi connectivity index (χ4n) is 1.49. The molecule has 2 heterocycles. The molecule has 1 aromatic heterocycles. The summed E-state index contributed by atoms with van der Waals surface area (Å²) < 4.78 is 31.4. The zero-order valence-electron chi connectivity index (χ0n) is 8.59. The lowest BCUT2D eigenvalue weighted by Crippen LogP contribution is -2.44. The summed E-state index contributed by atoms with van der Waals surface area (Å²) in [6, 6.07) is 0. The number of ether oxygens (including phenoxy) is 1. The van der Waals surface area contributed by atoms with Gasteiger partial charge < -0.3 is 4.74 Å². The summed E-state index contributed by atoms with van der Waals surface area (Å²) in [5.74, 6) is 0. The molecule has 0 aliphatic carbocycles. The number of thiazole rings is 1. The number of halogens is 1. The van der Waals surface area contributed by atoms with Crippen LogP contribution in [0, 0.1) is 0 Å². The van der Waals surface area contributed by atoms with Crippen molar-refractivity contribution in [1.29, 1.82) is 0 Å². The van der Waals surface area contributed by atoms with Gasteiger partial charge in [0.05, 0.1) is 18.9 Å². The summed E-state index contributed by atoms with van der Waals surface area (Å²) >= 11 is 6.61. The van der Waals surface area contributed by atoms with Gasteiger partial charge in [0.15, 0.2) is 8.68 Å². The van der Waals surface area contributed by atoms with E-state index in [1.165, 1.54) is 10.5 Å². The summed E-state index contributed by atoms with van der Waals surface area (Å²) in [6.45, 7) is 3.02. The zero-order valence-corrected chi connectivity index (χ0v) is 11.0. The molecule has 1 aromatic rings. The van der Waals surface area contributed by atoms with Crippen LogP contribution in [0.25, 0.3) is 0 Å². The lowest BCUT2D eigenvalue weighted by Gasteiger charge is -2.29. The fraction of sp³-hybridized carbons (Fsp3) is 0.625. The first-order valence-corrected chi connectivity index (χ1v) is 7.36. The summed E-state index contributed by atoms with van der Waals surface area (Å²) in [4.78, 5) is 3.74. The fourth-order valence-corrected chi connectivity index (χ4v) is 4.44. The van der Waals surface area contributed by atoms with Gasteiger partial charge >= 0.3 is 0 Å². The van der Waals surface area contributed by atoms with E-state index in [-0.39, 0.29) is 14.8 Å². The van der Waals surface area contributed by atoms with Gasteiger partial charge in [-0.1, -0.05) is 22.9 Å². The Morgan fingerprint density at radius 1 is 1.69 bits per heavy atom. The number of aromatic nitrogens is 1. The minimum atomic E-state index is -3.45. The number of morpholine rings is 1. The van der Waals surface area contributed by atoms with Crippen molar-refractivity contribution in [2.45, 2.75) is 17.2 Å². The van der Waals surface area contributed by atoms with E-state index < -0.39 is 10.0 Å². The maximum absolute atomic E-state index is 12.1. The molecule has 5 nitrogen and oxygen atoms in total. The lowest BCUT2D eigenvalue weighted by atomic mass is 10.3. The number of nitrogens with zero attached hydrogens (tertiary/aromatic N) is 2. The van der Waals surface area contributed by atoms with Crippen molar-refractivity contribution >= 4 is 33.0 Å². The van der Waals surface area contributed by atoms with E-state index in [9.17, 15) is 8.42 Å². The van der Waals surface area contributed by atoms with Crippen LogP contribution in [0.2, 0.25) is 4.47 Å². The van der Waals surface area contributed by atoms with Crippen molar-refractivity contribution in [3.63, 3.8) is 0 Å². The molecular weight excluding hydrogens is 272 g/mol. The topological polar surface area (TPSA) is 59.5 Å². The first-order valence-electron chi connectivity index (χ1n) is 4.73. The van der Waals surface area contributed by atoms with Crippen molar-refractivity contribution in [2.24, 2.45) is 0 Å². The molecule has 1 saturated heterocycles. The molecule has 1 unspecified atom stereocenters. The van der Waals surface area contributed by atoms with E-state index in [0.717, 1.165) is 11.3 Å². The van der Waals surface area contributed by atoms with Crippen molar-refractivity contribution < 1.29 is 13.2 Å². The molecule has 0 saturated carbocycles. The van der Waals surface area contributed by atoms with Gasteiger partial charge in [-0.25, -0.2) is 13.4 Å². The molecule has 1 aliphatic heterocycles. The SMILES string of the molecule is CC1CN(S(=O)(=O)c2cnc(Cl)s2)CCO1. The second-order valence-electron chi connectivity index (χ2n) is 3.48. The highest BCUT2D eigenvalue weighted by molar-refractivity contribution is 7.91. The minimum absolute atomic E-state index is 0.0769. The monoisotopic (exact) mass is 282 g/mol. The van der Waals surface area contributed by atoms with Crippen molar-refractivity contribution in [3.8, 4) is 0 Å². The molecule has 0 aromatic carbocycles. The van der Waals surface area contributed by atoms with Crippen molar-refractivity contribution in [3.05, 3.63) is 10.7 Å². The average Bonchev–Trinajstić information content (AvgIpc) is 2.65. The molecule has 2 rings (SSSR count). The molecule has 90 valence electrons. The molecule has 1 atom stereocenters. The van der Waals surface area contributed by atoms with Crippen LogP contribution in [0.5, 0.6) is 0 Å². The predicted molar refractivity (Wildman–Crippen MR) is 61.3 cm³/mol. The van der Waals surface area contributed by atoms with Gasteiger partial charge in [-0.15, -0.1) is 0 Å². The van der Waals surface area contributed by atoms with E-state index in [2.05, 4.69) is 4.98 Å². The van der Waals surface area contributed by atoms with Gasteiger partial charge in [-0.05, 0) is 6.92 Å². The van der Waals surface area contributed by atoms with E-state index in [1.807, 2.05) is 6.92 Å². The Hall–Kier alpha value is -0.210. The Kier molecular flexibility index (Phi) is 3.50. The largest absolute Gasteiger partial charge is 0.376 e. The molecule has 1 aliphatic rings. The van der Waals surface area contributed by atoms with Crippen LogP contribution in [0.3, 0.4) is 0 Å². The molecule has 0 amide bonds. The maximum atomic E-state index is 12.1. The minimum Gasteiger partial charge on any atom is -0.376 e. The molecule has 0 N–H and O–H groups in total. The number of hydrogen-bond acceptors (Lipinski definition) is 5. The normalized spacial score (nSPS) is 23.5. The van der Waals surface area contributed by atoms with Crippen LogP contribution < -0.4 is 0 Å². The van der Waals surface area contributed by atoms with Gasteiger partial charge in [0.2, 0.25) is 0 Å². The number of rotatable bonds is 2. The van der Waals surface area contributed by atoms with E-state index >= 15 is 0 Å². The Morgan fingerprint density at radius 2 is 2.44 bits per heavy atom. The second-order valence-corrected chi connectivity index (χ2v) is 7.25. The van der Waals surface area contributed by atoms with Crippen molar-refractivity contribution in [1.82, 2.24) is 9.29 Å². The van der Waals surface area contributed by atoms with Gasteiger partial charge in [-0.3, -0.25) is 0 Å². The van der Waals surface area contributed by atoms with Crippen LogP contribution >= 0.6 is 22.9 Å². The van der Waals surface area contributed by atoms with Crippen LogP contribution in [0.1, 0.15) is 6.92 Å². The highest BCUT2D eigenvalue weighted by Crippen LogP contribution is 2.26. The van der Waals surface area contributed by atoms with E-state index in [1.54, 1.807) is 0 Å². The molecular formula is C8H11ClN2O3S2. The van der Waals surface area contributed by atoms with Crippen molar-refractivity contribution in [2.75, 3.05) is 19.7 Å². The second kappa shape index (κ2) is 4.58. The number of hydrogen-bond donors (Lipinski definition) is 0. The summed E-state index contributed by atoms with van der Waals surface area (Å²) in [5.41, 5.74) is 0. The van der Waals surface area contributed by atoms with Gasteiger partial charge in [0, 0.05) is 13.1 Å². The third-order valence-corrected chi connectivity index (χ3v) is 5.67. The van der Waals surface area contributed by atoms with E-state index in [0.29, 0.717) is 19.7 Å². The molecule has 8 heteroatoms. The van der Waals surface area contributed by atoms with Crippen LogP contribution in [0.15, 0.2) is 10.4 Å². The third kappa shape index (κ3) is 2.38. The summed E-state index contributed by atoms with van der Waals surface area (Å²) in [6.07, 6.45) is 1.22. The highest BCUT2D eigenvalue weighted by atomic mass is 35.5. The molecule has 0 spiro atoms. The molecule has 0 radical (unpaired) electrons. The van der Waals surface area contributed by atoms with Crippen LogP contribution in [-0.2, 0) is 14.8 Å². The maximum Gasteiger partial charge on any atom is 0.254 e. The Balaban J connectivity index is 2.25. The van der Waals surface area contributed by atoms with Gasteiger partial charge in [-0.2, -0.15) is 4.31 Å². The molecule has 0 bridgehead atoms. The quantitative estimate of drug-likeness (QED) is 0.818. The highest BCUT2D eigenvalue weighted by Gasteiger charge is 2.30. The van der Waals surface area contributed by atoms with Crippen LogP contribution in [-0.4, -0.2) is 43.5 Å².